The summed E-state index contributed by atoms with van der Waals surface area (Å²) in [7, 11) is 0. The van der Waals surface area contributed by atoms with Gasteiger partial charge in [-0.05, 0) is 36.8 Å². The van der Waals surface area contributed by atoms with Crippen LogP contribution >= 0.6 is 0 Å². The van der Waals surface area contributed by atoms with Crippen molar-refractivity contribution in [3.8, 4) is 0 Å². The largest absolute Gasteiger partial charge is 0.478 e. The molecule has 1 aromatic heterocycles. The van der Waals surface area contributed by atoms with E-state index in [0.717, 1.165) is 13.1 Å². The molecule has 2 heterocycles. The zero-order chi connectivity index (χ0) is 13.4. The summed E-state index contributed by atoms with van der Waals surface area (Å²) < 4.78 is 0. The summed E-state index contributed by atoms with van der Waals surface area (Å²) in [6.45, 7) is 1.50. The van der Waals surface area contributed by atoms with Crippen molar-refractivity contribution in [2.75, 3.05) is 13.1 Å². The fraction of sp³-hybridized carbons (Fsp3) is 0.500. The molecule has 2 aliphatic rings. The van der Waals surface area contributed by atoms with Crippen LogP contribution in [0.15, 0.2) is 18.3 Å². The fourth-order valence-electron chi connectivity index (χ4n) is 3.30. The maximum atomic E-state index is 12.4. The number of amides is 1. The zero-order valence-corrected chi connectivity index (χ0v) is 10.6. The monoisotopic (exact) mass is 260 g/mol. The predicted octanol–water partition coefficient (Wildman–Crippen LogP) is 1.65. The first-order chi connectivity index (χ1) is 9.16. The number of carbonyl (C=O) groups excluding carboxylic acids is 1. The van der Waals surface area contributed by atoms with Crippen LogP contribution in [0.1, 0.15) is 40.1 Å². The number of likely N-dealkylation sites (tertiary alicyclic amines) is 1. The number of aromatic carboxylic acids is 1. The van der Waals surface area contributed by atoms with Crippen LogP contribution in [0.5, 0.6) is 0 Å². The SMILES string of the molecule is O=C(O)c1cccnc1C(=O)N1CC2CCCC2C1. The Kier molecular flexibility index (Phi) is 2.97. The van der Waals surface area contributed by atoms with Crippen molar-refractivity contribution in [1.29, 1.82) is 0 Å². The highest BCUT2D eigenvalue weighted by molar-refractivity contribution is 6.03. The molecular weight excluding hydrogens is 244 g/mol. The highest BCUT2D eigenvalue weighted by atomic mass is 16.4. The molecule has 100 valence electrons. The van der Waals surface area contributed by atoms with Gasteiger partial charge in [0.2, 0.25) is 0 Å². The molecule has 0 radical (unpaired) electrons. The van der Waals surface area contributed by atoms with Crippen LogP contribution in [0, 0.1) is 11.8 Å². The molecule has 2 fully saturated rings. The Hall–Kier alpha value is -1.91. The van der Waals surface area contributed by atoms with Gasteiger partial charge in [0.05, 0.1) is 5.56 Å². The molecule has 3 rings (SSSR count). The molecule has 1 aliphatic carbocycles. The Morgan fingerprint density at radius 1 is 1.26 bits per heavy atom. The molecule has 19 heavy (non-hydrogen) atoms. The van der Waals surface area contributed by atoms with Gasteiger partial charge < -0.3 is 10.0 Å². The molecule has 1 saturated carbocycles. The highest BCUT2D eigenvalue weighted by Gasteiger charge is 2.39. The standard InChI is InChI=1S/C14H16N2O3/c17-13(12-11(14(18)19)5-2-6-15-12)16-7-9-3-1-4-10(9)8-16/h2,5-6,9-10H,1,3-4,7-8H2,(H,18,19). The van der Waals surface area contributed by atoms with Gasteiger partial charge in [0.25, 0.3) is 5.91 Å². The topological polar surface area (TPSA) is 70.5 Å². The number of carboxylic acid groups (broad SMARTS) is 1. The zero-order valence-electron chi connectivity index (χ0n) is 10.6. The van der Waals surface area contributed by atoms with E-state index in [1.807, 2.05) is 0 Å². The third kappa shape index (κ3) is 2.09. The van der Waals surface area contributed by atoms with Crippen LogP contribution in [0.2, 0.25) is 0 Å². The number of nitrogens with zero attached hydrogens (tertiary/aromatic N) is 2. The maximum absolute atomic E-state index is 12.4. The summed E-state index contributed by atoms with van der Waals surface area (Å²) in [4.78, 5) is 29.3. The molecule has 1 N–H and O–H groups in total. The maximum Gasteiger partial charge on any atom is 0.338 e. The molecule has 1 aromatic rings. The van der Waals surface area contributed by atoms with Gasteiger partial charge >= 0.3 is 5.97 Å². The second kappa shape index (κ2) is 4.64. The molecular formula is C14H16N2O3. The van der Waals surface area contributed by atoms with Crippen molar-refractivity contribution in [2.45, 2.75) is 19.3 Å². The lowest BCUT2D eigenvalue weighted by Gasteiger charge is -2.17. The lowest BCUT2D eigenvalue weighted by Crippen LogP contribution is -2.31. The van der Waals surface area contributed by atoms with Gasteiger partial charge in [0.15, 0.2) is 0 Å². The minimum atomic E-state index is -1.10. The van der Waals surface area contributed by atoms with E-state index < -0.39 is 5.97 Å². The van der Waals surface area contributed by atoms with Crippen LogP contribution in [0.3, 0.4) is 0 Å². The summed E-state index contributed by atoms with van der Waals surface area (Å²) in [5.41, 5.74) is 0.0551. The number of carbonyl (C=O) groups is 2. The first-order valence-electron chi connectivity index (χ1n) is 6.64. The minimum absolute atomic E-state index is 0.00967. The van der Waals surface area contributed by atoms with Crippen LogP contribution in [0.4, 0.5) is 0 Å². The number of hydrogen-bond acceptors (Lipinski definition) is 3. The van der Waals surface area contributed by atoms with Crippen LogP contribution in [0.25, 0.3) is 0 Å². The van der Waals surface area contributed by atoms with Crippen LogP contribution in [-0.4, -0.2) is 40.0 Å². The Morgan fingerprint density at radius 3 is 2.58 bits per heavy atom. The van der Waals surface area contributed by atoms with E-state index in [1.165, 1.54) is 31.5 Å². The summed E-state index contributed by atoms with van der Waals surface area (Å²) in [5.74, 6) is -0.148. The number of carboxylic acids is 1. The van der Waals surface area contributed by atoms with E-state index in [4.69, 9.17) is 5.11 Å². The summed E-state index contributed by atoms with van der Waals surface area (Å²) in [6.07, 6.45) is 5.09. The molecule has 5 nitrogen and oxygen atoms in total. The second-order valence-corrected chi connectivity index (χ2v) is 5.37. The summed E-state index contributed by atoms with van der Waals surface area (Å²) in [6, 6.07) is 2.97. The van der Waals surface area contributed by atoms with Gasteiger partial charge in [-0.1, -0.05) is 6.42 Å². The van der Waals surface area contributed by atoms with Crippen LogP contribution in [-0.2, 0) is 0 Å². The van der Waals surface area contributed by atoms with Gasteiger partial charge in [-0.25, -0.2) is 4.79 Å². The Labute approximate surface area is 111 Å². The quantitative estimate of drug-likeness (QED) is 0.877. The van der Waals surface area contributed by atoms with E-state index in [2.05, 4.69) is 4.98 Å². The van der Waals surface area contributed by atoms with Crippen molar-refractivity contribution in [3.63, 3.8) is 0 Å². The number of fused-ring (bicyclic) bond motifs is 1. The molecule has 2 unspecified atom stereocenters. The first-order valence-corrected chi connectivity index (χ1v) is 6.64. The number of hydrogen-bond donors (Lipinski definition) is 1. The summed E-state index contributed by atoms with van der Waals surface area (Å²) in [5, 5.41) is 9.11. The van der Waals surface area contributed by atoms with Crippen molar-refractivity contribution in [1.82, 2.24) is 9.88 Å². The molecule has 1 aliphatic heterocycles. The molecule has 0 bridgehead atoms. The molecule has 2 atom stereocenters. The average molecular weight is 260 g/mol. The van der Waals surface area contributed by atoms with Gasteiger partial charge in [-0.2, -0.15) is 0 Å². The van der Waals surface area contributed by atoms with E-state index in [-0.39, 0.29) is 17.2 Å². The lowest BCUT2D eigenvalue weighted by atomic mass is 10.0. The lowest BCUT2D eigenvalue weighted by molar-refractivity contribution is 0.0677. The molecule has 1 amide bonds. The minimum Gasteiger partial charge on any atom is -0.478 e. The number of rotatable bonds is 2. The van der Waals surface area contributed by atoms with Crippen molar-refractivity contribution >= 4 is 11.9 Å². The van der Waals surface area contributed by atoms with Crippen LogP contribution < -0.4 is 0 Å². The van der Waals surface area contributed by atoms with E-state index in [0.29, 0.717) is 11.8 Å². The van der Waals surface area contributed by atoms with Gasteiger partial charge in [0.1, 0.15) is 5.69 Å². The summed E-state index contributed by atoms with van der Waals surface area (Å²) >= 11 is 0. The predicted molar refractivity (Wildman–Crippen MR) is 67.9 cm³/mol. The normalized spacial score (nSPS) is 25.4. The smallest absolute Gasteiger partial charge is 0.338 e. The number of aromatic nitrogens is 1. The van der Waals surface area contributed by atoms with E-state index >= 15 is 0 Å². The molecule has 0 aromatic carbocycles. The first kappa shape index (κ1) is 12.1. The Bertz CT molecular complexity index is 517. The third-order valence-electron chi connectivity index (χ3n) is 4.25. The van der Waals surface area contributed by atoms with Gasteiger partial charge in [0, 0.05) is 19.3 Å². The van der Waals surface area contributed by atoms with Gasteiger partial charge in [-0.3, -0.25) is 9.78 Å². The highest BCUT2D eigenvalue weighted by Crippen LogP contribution is 2.38. The Morgan fingerprint density at radius 2 is 1.95 bits per heavy atom. The fourth-order valence-corrected chi connectivity index (χ4v) is 3.30. The van der Waals surface area contributed by atoms with Crippen molar-refractivity contribution in [3.05, 3.63) is 29.6 Å². The second-order valence-electron chi connectivity index (χ2n) is 5.37. The van der Waals surface area contributed by atoms with Crippen molar-refractivity contribution < 1.29 is 14.7 Å². The van der Waals surface area contributed by atoms with Gasteiger partial charge in [-0.15, -0.1) is 0 Å². The number of pyridine rings is 1. The molecule has 5 heteroatoms. The molecule has 0 spiro atoms. The average Bonchev–Trinajstić information content (AvgIpc) is 2.98. The van der Waals surface area contributed by atoms with E-state index in [1.54, 1.807) is 11.0 Å². The Balaban J connectivity index is 1.83. The van der Waals surface area contributed by atoms with Crippen molar-refractivity contribution in [2.24, 2.45) is 11.8 Å². The third-order valence-corrected chi connectivity index (χ3v) is 4.25. The molecule has 1 saturated heterocycles. The van der Waals surface area contributed by atoms with E-state index in [9.17, 15) is 9.59 Å².